The molecule has 2 aromatic carbocycles. The van der Waals surface area contributed by atoms with E-state index in [1.54, 1.807) is 31.2 Å². The highest BCUT2D eigenvalue weighted by Crippen LogP contribution is 2.55. The maximum Gasteiger partial charge on any atom is 0.262 e. The van der Waals surface area contributed by atoms with Gasteiger partial charge < -0.3 is 5.32 Å². The molecule has 2 N–H and O–H groups in total. The Bertz CT molecular complexity index is 1100. The van der Waals surface area contributed by atoms with Crippen molar-refractivity contribution >= 4 is 21.6 Å². The van der Waals surface area contributed by atoms with Crippen molar-refractivity contribution in [2.45, 2.75) is 62.8 Å². The van der Waals surface area contributed by atoms with Crippen molar-refractivity contribution in [1.82, 2.24) is 5.32 Å². The molecular weight excluding hydrogens is 408 g/mol. The Morgan fingerprint density at radius 2 is 1.52 bits per heavy atom. The lowest BCUT2D eigenvalue weighted by molar-refractivity contribution is -0.0167. The van der Waals surface area contributed by atoms with Gasteiger partial charge in [-0.2, -0.15) is 0 Å². The van der Waals surface area contributed by atoms with Crippen LogP contribution in [-0.4, -0.2) is 19.9 Å². The number of aryl methyl sites for hydroxylation is 2. The van der Waals surface area contributed by atoms with Crippen LogP contribution in [0, 0.1) is 31.6 Å². The molecule has 0 saturated heterocycles. The zero-order valence-electron chi connectivity index (χ0n) is 18.1. The van der Waals surface area contributed by atoms with E-state index in [0.717, 1.165) is 42.6 Å². The fourth-order valence-electron chi connectivity index (χ4n) is 6.49. The van der Waals surface area contributed by atoms with Crippen LogP contribution in [0.1, 0.15) is 60.0 Å². The molecule has 4 saturated carbocycles. The van der Waals surface area contributed by atoms with Gasteiger partial charge in [0.05, 0.1) is 10.6 Å². The average Bonchev–Trinajstić information content (AvgIpc) is 2.68. The Morgan fingerprint density at radius 1 is 0.903 bits per heavy atom. The van der Waals surface area contributed by atoms with Gasteiger partial charge >= 0.3 is 0 Å². The predicted octanol–water partition coefficient (Wildman–Crippen LogP) is 4.80. The number of hydrogen-bond donors (Lipinski definition) is 2. The first-order valence-electron chi connectivity index (χ1n) is 11.2. The SMILES string of the molecule is Cc1ccccc1NS(=O)(=O)c1cc(C(=O)NC23CC4CC(CC(C4)C2)C3)ccc1C. The average molecular weight is 439 g/mol. The van der Waals surface area contributed by atoms with Crippen molar-refractivity contribution in [3.05, 3.63) is 59.2 Å². The molecule has 6 heteroatoms. The van der Waals surface area contributed by atoms with Gasteiger partial charge in [0.2, 0.25) is 0 Å². The summed E-state index contributed by atoms with van der Waals surface area (Å²) in [6.07, 6.45) is 7.13. The predicted molar refractivity (Wildman–Crippen MR) is 122 cm³/mol. The second-order valence-electron chi connectivity index (χ2n) is 10.1. The summed E-state index contributed by atoms with van der Waals surface area (Å²) >= 11 is 0. The molecule has 4 bridgehead atoms. The van der Waals surface area contributed by atoms with E-state index in [0.29, 0.717) is 16.8 Å². The van der Waals surface area contributed by atoms with E-state index in [4.69, 9.17) is 0 Å². The summed E-state index contributed by atoms with van der Waals surface area (Å²) in [7, 11) is -3.81. The molecular formula is C25H30N2O3S. The Hall–Kier alpha value is -2.34. The van der Waals surface area contributed by atoms with Gasteiger partial charge in [-0.1, -0.05) is 24.3 Å². The molecule has 31 heavy (non-hydrogen) atoms. The maximum absolute atomic E-state index is 13.2. The molecule has 164 valence electrons. The first-order valence-corrected chi connectivity index (χ1v) is 12.7. The van der Waals surface area contributed by atoms with E-state index in [1.807, 2.05) is 19.1 Å². The Kier molecular flexibility index (Phi) is 4.88. The first-order chi connectivity index (χ1) is 14.7. The van der Waals surface area contributed by atoms with Crippen LogP contribution in [0.4, 0.5) is 5.69 Å². The standard InChI is InChI=1S/C25H30N2O3S/c1-16-5-3-4-6-22(16)27-31(29,30)23-12-21(8-7-17(23)2)24(28)26-25-13-18-9-19(14-25)11-20(10-18)15-25/h3-8,12,18-20,27H,9-11,13-15H2,1-2H3,(H,26,28). The van der Waals surface area contributed by atoms with Gasteiger partial charge in [0.1, 0.15) is 0 Å². The number of sulfonamides is 1. The lowest BCUT2D eigenvalue weighted by Gasteiger charge is -2.56. The molecule has 1 amide bonds. The van der Waals surface area contributed by atoms with Crippen molar-refractivity contribution in [1.29, 1.82) is 0 Å². The van der Waals surface area contributed by atoms with Crippen molar-refractivity contribution in [2.24, 2.45) is 17.8 Å². The Morgan fingerprint density at radius 3 is 2.13 bits per heavy atom. The third-order valence-corrected chi connectivity index (χ3v) is 9.05. The van der Waals surface area contributed by atoms with E-state index in [1.165, 1.54) is 25.3 Å². The number of hydrogen-bond acceptors (Lipinski definition) is 3. The van der Waals surface area contributed by atoms with Gasteiger partial charge in [-0.3, -0.25) is 9.52 Å². The van der Waals surface area contributed by atoms with E-state index in [9.17, 15) is 13.2 Å². The van der Waals surface area contributed by atoms with Crippen LogP contribution < -0.4 is 10.0 Å². The van der Waals surface area contributed by atoms with Crippen molar-refractivity contribution in [3.63, 3.8) is 0 Å². The van der Waals surface area contributed by atoms with Crippen molar-refractivity contribution in [3.8, 4) is 0 Å². The first kappa shape index (κ1) is 20.6. The summed E-state index contributed by atoms with van der Waals surface area (Å²) < 4.78 is 28.9. The Balaban J connectivity index is 1.39. The fourth-order valence-corrected chi connectivity index (χ4v) is 7.90. The minimum absolute atomic E-state index is 0.102. The van der Waals surface area contributed by atoms with Gasteiger partial charge in [-0.15, -0.1) is 0 Å². The van der Waals surface area contributed by atoms with Crippen molar-refractivity contribution in [2.75, 3.05) is 4.72 Å². The number of nitrogens with one attached hydrogen (secondary N) is 2. The van der Waals surface area contributed by atoms with Crippen LogP contribution in [0.15, 0.2) is 47.4 Å². The number of carbonyl (C=O) groups is 1. The third kappa shape index (κ3) is 3.86. The molecule has 0 heterocycles. The number of anilines is 1. The second-order valence-corrected chi connectivity index (χ2v) is 11.7. The topological polar surface area (TPSA) is 75.3 Å². The molecule has 4 aliphatic rings. The minimum Gasteiger partial charge on any atom is -0.347 e. The van der Waals surface area contributed by atoms with E-state index >= 15 is 0 Å². The lowest BCUT2D eigenvalue weighted by Crippen LogP contribution is -2.59. The number of amides is 1. The van der Waals surface area contributed by atoms with Crippen LogP contribution >= 0.6 is 0 Å². The summed E-state index contributed by atoms with van der Waals surface area (Å²) in [5.41, 5.74) is 2.32. The van der Waals surface area contributed by atoms with Crippen LogP contribution in [0.25, 0.3) is 0 Å². The van der Waals surface area contributed by atoms with Crippen LogP contribution in [0.3, 0.4) is 0 Å². The van der Waals surface area contributed by atoms with Gasteiger partial charge in [0.15, 0.2) is 0 Å². The summed E-state index contributed by atoms with van der Waals surface area (Å²) in [5, 5.41) is 3.34. The third-order valence-electron chi connectivity index (χ3n) is 7.55. The molecule has 4 aliphatic carbocycles. The van der Waals surface area contributed by atoms with E-state index in [2.05, 4.69) is 10.0 Å². The highest BCUT2D eigenvalue weighted by molar-refractivity contribution is 7.92. The molecule has 0 atom stereocenters. The molecule has 0 aliphatic heterocycles. The van der Waals surface area contributed by atoms with Crippen LogP contribution in [-0.2, 0) is 10.0 Å². The number of para-hydroxylation sites is 1. The van der Waals surface area contributed by atoms with Crippen LogP contribution in [0.2, 0.25) is 0 Å². The summed E-state index contributed by atoms with van der Waals surface area (Å²) in [5.74, 6) is 2.05. The lowest BCUT2D eigenvalue weighted by atomic mass is 9.53. The highest BCUT2D eigenvalue weighted by atomic mass is 32.2. The van der Waals surface area contributed by atoms with Gasteiger partial charge in [-0.05, 0) is 99.5 Å². The van der Waals surface area contributed by atoms with E-state index in [-0.39, 0.29) is 16.3 Å². The minimum atomic E-state index is -3.81. The number of rotatable bonds is 5. The van der Waals surface area contributed by atoms with Crippen LogP contribution in [0.5, 0.6) is 0 Å². The zero-order chi connectivity index (χ0) is 21.8. The van der Waals surface area contributed by atoms with Crippen molar-refractivity contribution < 1.29 is 13.2 Å². The van der Waals surface area contributed by atoms with E-state index < -0.39 is 10.0 Å². The molecule has 2 aromatic rings. The largest absolute Gasteiger partial charge is 0.347 e. The molecule has 0 radical (unpaired) electrons. The molecule has 4 fully saturated rings. The second kappa shape index (κ2) is 7.37. The monoisotopic (exact) mass is 438 g/mol. The fraction of sp³-hybridized carbons (Fsp3) is 0.480. The molecule has 0 spiro atoms. The normalized spacial score (nSPS) is 29.0. The van der Waals surface area contributed by atoms with Gasteiger partial charge in [0, 0.05) is 11.1 Å². The molecule has 0 unspecified atom stereocenters. The maximum atomic E-state index is 13.2. The van der Waals surface area contributed by atoms with Gasteiger partial charge in [-0.25, -0.2) is 8.42 Å². The highest BCUT2D eigenvalue weighted by Gasteiger charge is 2.51. The molecule has 6 rings (SSSR count). The summed E-state index contributed by atoms with van der Waals surface area (Å²) in [6.45, 7) is 3.62. The summed E-state index contributed by atoms with van der Waals surface area (Å²) in [6, 6.07) is 12.2. The smallest absolute Gasteiger partial charge is 0.262 e. The quantitative estimate of drug-likeness (QED) is 0.704. The Labute approximate surface area is 184 Å². The zero-order valence-corrected chi connectivity index (χ0v) is 19.0. The van der Waals surface area contributed by atoms with Gasteiger partial charge in [0.25, 0.3) is 15.9 Å². The molecule has 0 aromatic heterocycles. The summed E-state index contributed by atoms with van der Waals surface area (Å²) in [4.78, 5) is 13.4. The number of benzene rings is 2. The molecule has 5 nitrogen and oxygen atoms in total. The number of carbonyl (C=O) groups excluding carboxylic acids is 1.